The molecule has 0 bridgehead atoms. The number of rotatable bonds is 4. The molecule has 7 nitrogen and oxygen atoms in total. The first-order chi connectivity index (χ1) is 14.2. The second-order valence-electron chi connectivity index (χ2n) is 9.21. The summed E-state index contributed by atoms with van der Waals surface area (Å²) in [4.78, 5) is 7.32. The largest absolute Gasteiger partial charge is 0.504 e. The van der Waals surface area contributed by atoms with Gasteiger partial charge in [-0.2, -0.15) is 9.61 Å². The number of nitrogen functional groups attached to an aromatic ring is 1. The summed E-state index contributed by atoms with van der Waals surface area (Å²) in [6.07, 6.45) is 2.08. The summed E-state index contributed by atoms with van der Waals surface area (Å²) in [5.41, 5.74) is 10.3. The van der Waals surface area contributed by atoms with Gasteiger partial charge in [-0.05, 0) is 43.6 Å². The Labute approximate surface area is 177 Å². The van der Waals surface area contributed by atoms with Gasteiger partial charge in [0.25, 0.3) is 0 Å². The molecular formula is C23H31N5O2. The van der Waals surface area contributed by atoms with Crippen molar-refractivity contribution in [2.75, 3.05) is 25.9 Å². The smallest absolute Gasteiger partial charge is 0.160 e. The van der Waals surface area contributed by atoms with E-state index in [0.29, 0.717) is 17.5 Å². The molecule has 2 aromatic heterocycles. The molecule has 4 rings (SSSR count). The van der Waals surface area contributed by atoms with E-state index in [0.717, 1.165) is 55.1 Å². The Kier molecular flexibility index (Phi) is 5.32. The average Bonchev–Trinajstić information content (AvgIpc) is 3.15. The van der Waals surface area contributed by atoms with Gasteiger partial charge < -0.3 is 15.6 Å². The van der Waals surface area contributed by atoms with Crippen LogP contribution in [0.3, 0.4) is 0 Å². The summed E-state index contributed by atoms with van der Waals surface area (Å²) in [7, 11) is 1.57. The molecule has 7 heteroatoms. The van der Waals surface area contributed by atoms with Crippen molar-refractivity contribution in [2.45, 2.75) is 51.5 Å². The molecule has 0 unspecified atom stereocenters. The van der Waals surface area contributed by atoms with Gasteiger partial charge in [-0.25, -0.2) is 4.98 Å². The minimum Gasteiger partial charge on any atom is -0.504 e. The Morgan fingerprint density at radius 2 is 1.90 bits per heavy atom. The van der Waals surface area contributed by atoms with Crippen LogP contribution in [-0.4, -0.2) is 44.8 Å². The summed E-state index contributed by atoms with van der Waals surface area (Å²) in [6, 6.07) is 9.58. The standard InChI is InChI=1S/C23H31N5O2/c1-23(2,3)20-13-22-25-17(12-21(24)28(22)26-20)16-7-9-27(10-8-16)14-15-5-6-18(29)19(11-15)30-4/h5-6,11-13,16,29H,7-10,14,24H2,1-4H3. The Morgan fingerprint density at radius 3 is 2.57 bits per heavy atom. The number of phenolic OH excluding ortho intramolecular Hbond substituents is 1. The van der Waals surface area contributed by atoms with Gasteiger partial charge in [-0.1, -0.05) is 26.8 Å². The van der Waals surface area contributed by atoms with Crippen LogP contribution in [-0.2, 0) is 12.0 Å². The molecule has 1 fully saturated rings. The third-order valence-corrected chi connectivity index (χ3v) is 5.90. The zero-order valence-electron chi connectivity index (χ0n) is 18.2. The monoisotopic (exact) mass is 409 g/mol. The summed E-state index contributed by atoms with van der Waals surface area (Å²) < 4.78 is 6.97. The lowest BCUT2D eigenvalue weighted by Gasteiger charge is -2.31. The fraction of sp³-hybridized carbons (Fsp3) is 0.478. The maximum absolute atomic E-state index is 9.78. The zero-order chi connectivity index (χ0) is 21.5. The van der Waals surface area contributed by atoms with Crippen LogP contribution < -0.4 is 10.5 Å². The number of hydrogen-bond donors (Lipinski definition) is 2. The molecule has 1 aliphatic heterocycles. The van der Waals surface area contributed by atoms with E-state index in [4.69, 9.17) is 15.5 Å². The van der Waals surface area contributed by atoms with Crippen molar-refractivity contribution in [3.05, 3.63) is 47.3 Å². The minimum atomic E-state index is -0.0391. The molecular weight excluding hydrogens is 378 g/mol. The van der Waals surface area contributed by atoms with E-state index in [9.17, 15) is 5.11 Å². The molecule has 160 valence electrons. The number of aromatic hydroxyl groups is 1. The van der Waals surface area contributed by atoms with Gasteiger partial charge in [0.05, 0.1) is 12.8 Å². The van der Waals surface area contributed by atoms with E-state index in [-0.39, 0.29) is 11.2 Å². The molecule has 0 spiro atoms. The van der Waals surface area contributed by atoms with Crippen molar-refractivity contribution in [3.63, 3.8) is 0 Å². The number of fused-ring (bicyclic) bond motifs is 1. The number of ether oxygens (including phenoxy) is 1. The van der Waals surface area contributed by atoms with Crippen molar-refractivity contribution in [3.8, 4) is 11.5 Å². The lowest BCUT2D eigenvalue weighted by molar-refractivity contribution is 0.203. The Balaban J connectivity index is 1.45. The first-order valence-corrected chi connectivity index (χ1v) is 10.5. The Morgan fingerprint density at radius 1 is 1.17 bits per heavy atom. The van der Waals surface area contributed by atoms with Gasteiger partial charge in [0.1, 0.15) is 5.82 Å². The lowest BCUT2D eigenvalue weighted by atomic mass is 9.92. The van der Waals surface area contributed by atoms with Gasteiger partial charge in [0.2, 0.25) is 0 Å². The second kappa shape index (κ2) is 7.80. The van der Waals surface area contributed by atoms with E-state index in [1.165, 1.54) is 0 Å². The number of likely N-dealkylation sites (tertiary alicyclic amines) is 1. The van der Waals surface area contributed by atoms with Gasteiger partial charge in [-0.3, -0.25) is 4.90 Å². The highest BCUT2D eigenvalue weighted by molar-refractivity contribution is 5.50. The molecule has 0 aliphatic carbocycles. The highest BCUT2D eigenvalue weighted by atomic mass is 16.5. The highest BCUT2D eigenvalue weighted by Gasteiger charge is 2.24. The predicted molar refractivity (Wildman–Crippen MR) is 118 cm³/mol. The number of benzene rings is 1. The number of anilines is 1. The number of phenols is 1. The van der Waals surface area contributed by atoms with Crippen LogP contribution in [0.5, 0.6) is 11.5 Å². The fourth-order valence-electron chi connectivity index (χ4n) is 4.06. The molecule has 3 heterocycles. The van der Waals surface area contributed by atoms with Crippen LogP contribution in [0.2, 0.25) is 0 Å². The lowest BCUT2D eigenvalue weighted by Crippen LogP contribution is -2.32. The summed E-state index contributed by atoms with van der Waals surface area (Å²) in [5.74, 6) is 1.74. The third kappa shape index (κ3) is 4.07. The van der Waals surface area contributed by atoms with Crippen LogP contribution in [0, 0.1) is 0 Å². The normalized spacial score (nSPS) is 16.3. The SMILES string of the molecule is COc1cc(CN2CCC(c3cc(N)n4nc(C(C)(C)C)cc4n3)CC2)ccc1O. The first-order valence-electron chi connectivity index (χ1n) is 10.5. The van der Waals surface area contributed by atoms with Crippen molar-refractivity contribution in [1.82, 2.24) is 19.5 Å². The number of methoxy groups -OCH3 is 1. The van der Waals surface area contributed by atoms with Crippen LogP contribution in [0.15, 0.2) is 30.3 Å². The van der Waals surface area contributed by atoms with Gasteiger partial charge in [-0.15, -0.1) is 0 Å². The average molecular weight is 410 g/mol. The maximum Gasteiger partial charge on any atom is 0.160 e. The fourth-order valence-corrected chi connectivity index (χ4v) is 4.06. The van der Waals surface area contributed by atoms with E-state index in [1.54, 1.807) is 17.7 Å². The van der Waals surface area contributed by atoms with Crippen LogP contribution >= 0.6 is 0 Å². The zero-order valence-corrected chi connectivity index (χ0v) is 18.2. The van der Waals surface area contributed by atoms with Crippen molar-refractivity contribution in [2.24, 2.45) is 0 Å². The number of nitrogens with two attached hydrogens (primary N) is 1. The van der Waals surface area contributed by atoms with Crippen LogP contribution in [0.1, 0.15) is 56.5 Å². The van der Waals surface area contributed by atoms with Gasteiger partial charge in [0.15, 0.2) is 17.1 Å². The van der Waals surface area contributed by atoms with E-state index >= 15 is 0 Å². The van der Waals surface area contributed by atoms with Gasteiger partial charge >= 0.3 is 0 Å². The Hall–Kier alpha value is -2.80. The molecule has 0 atom stereocenters. The van der Waals surface area contributed by atoms with E-state index < -0.39 is 0 Å². The molecule has 0 saturated carbocycles. The molecule has 3 aromatic rings. The number of hydrogen-bond acceptors (Lipinski definition) is 6. The highest BCUT2D eigenvalue weighted by Crippen LogP contribution is 2.31. The van der Waals surface area contributed by atoms with Crippen molar-refractivity contribution < 1.29 is 9.84 Å². The molecule has 1 saturated heterocycles. The number of nitrogens with zero attached hydrogens (tertiary/aromatic N) is 4. The van der Waals surface area contributed by atoms with Crippen LogP contribution in [0.4, 0.5) is 5.82 Å². The van der Waals surface area contributed by atoms with Crippen molar-refractivity contribution >= 4 is 11.5 Å². The summed E-state index contributed by atoms with van der Waals surface area (Å²) >= 11 is 0. The van der Waals surface area contributed by atoms with Crippen LogP contribution in [0.25, 0.3) is 5.65 Å². The maximum atomic E-state index is 9.78. The molecule has 0 radical (unpaired) electrons. The first kappa shape index (κ1) is 20.5. The second-order valence-corrected chi connectivity index (χ2v) is 9.21. The number of piperidine rings is 1. The predicted octanol–water partition coefficient (Wildman–Crippen LogP) is 3.70. The van der Waals surface area contributed by atoms with Gasteiger partial charge in [0, 0.05) is 35.7 Å². The molecule has 30 heavy (non-hydrogen) atoms. The van der Waals surface area contributed by atoms with Crippen molar-refractivity contribution in [1.29, 1.82) is 0 Å². The summed E-state index contributed by atoms with van der Waals surface area (Å²) in [5, 5.41) is 14.4. The van der Waals surface area contributed by atoms with E-state index in [2.05, 4.69) is 30.8 Å². The van der Waals surface area contributed by atoms with E-state index in [1.807, 2.05) is 24.3 Å². The molecule has 1 aliphatic rings. The third-order valence-electron chi connectivity index (χ3n) is 5.90. The molecule has 0 amide bonds. The molecule has 3 N–H and O–H groups in total. The summed E-state index contributed by atoms with van der Waals surface area (Å²) in [6.45, 7) is 9.26. The topological polar surface area (TPSA) is 88.9 Å². The minimum absolute atomic E-state index is 0.0391. The Bertz CT molecular complexity index is 1050. The quantitative estimate of drug-likeness (QED) is 0.683. The number of aromatic nitrogens is 3. The molecule has 1 aromatic carbocycles.